The van der Waals surface area contributed by atoms with Gasteiger partial charge >= 0.3 is 43.6 Å². The van der Waals surface area contributed by atoms with Crippen molar-refractivity contribution < 1.29 is 61.1 Å². The fraction of sp³-hybridized carbons (Fsp3) is 1.00. The highest BCUT2D eigenvalue weighted by Crippen LogP contribution is 2.28. The second-order valence-electron chi connectivity index (χ2n) is 2.68. The summed E-state index contributed by atoms with van der Waals surface area (Å²) in [6.45, 7) is 0. The van der Waals surface area contributed by atoms with E-state index in [1.807, 2.05) is 0 Å². The van der Waals surface area contributed by atoms with Crippen LogP contribution in [0.5, 0.6) is 0 Å². The molecule has 0 atom stereocenters. The van der Waals surface area contributed by atoms with E-state index in [-0.39, 0.29) is 0 Å². The summed E-state index contributed by atoms with van der Waals surface area (Å²) in [6, 6.07) is 0. The van der Waals surface area contributed by atoms with Gasteiger partial charge in [0, 0.05) is 0 Å². The van der Waals surface area contributed by atoms with Crippen LogP contribution in [0.1, 0.15) is 0 Å². The van der Waals surface area contributed by atoms with Crippen molar-refractivity contribution in [3.05, 3.63) is 0 Å². The van der Waals surface area contributed by atoms with Crippen LogP contribution in [0.2, 0.25) is 0 Å². The first-order valence-electron chi connectivity index (χ1n) is 3.65. The molecule has 0 unspecified atom stereocenters. The van der Waals surface area contributed by atoms with Crippen molar-refractivity contribution >= 4 is 20.2 Å². The molecule has 0 aromatic rings. The van der Waals surface area contributed by atoms with Crippen LogP contribution in [-0.2, 0) is 20.2 Å². The maximum atomic E-state index is 11.5. The molecule has 0 spiro atoms. The predicted octanol–water partition coefficient (Wildman–Crippen LogP) is 1.46. The molecule has 16 heteroatoms. The molecule has 0 radical (unpaired) electrons. The van der Waals surface area contributed by atoms with Gasteiger partial charge in [-0.25, -0.2) is 17.6 Å². The highest BCUT2D eigenvalue weighted by atomic mass is 32.2. The van der Waals surface area contributed by atoms with E-state index in [0.29, 0.717) is 0 Å². The summed E-state index contributed by atoms with van der Waals surface area (Å²) in [4.78, 5) is 0. The van der Waals surface area contributed by atoms with E-state index >= 15 is 0 Å². The summed E-state index contributed by atoms with van der Waals surface area (Å²) in [6.07, 6.45) is -8.83. The van der Waals surface area contributed by atoms with Crippen LogP contribution in [0, 0.1) is 0 Å². The number of hydrogen-bond acceptors (Lipinski definition) is 4. The highest BCUT2D eigenvalue weighted by molar-refractivity contribution is 7.87. The standard InChI is InChI=1S/2C2H2F4O3S/c2*3-1(4)2(5,6)10(7,8)9/h2*1H,(H,7,8,9). The summed E-state index contributed by atoms with van der Waals surface area (Å²) in [5.41, 5.74) is 0. The van der Waals surface area contributed by atoms with Crippen molar-refractivity contribution in [1.29, 1.82) is 0 Å². The Balaban J connectivity index is 0. The minimum atomic E-state index is -5.98. The first kappa shape index (κ1) is 21.6. The molecule has 20 heavy (non-hydrogen) atoms. The molecular formula is C4H4F8O6S2. The lowest BCUT2D eigenvalue weighted by molar-refractivity contribution is -0.0687. The maximum Gasteiger partial charge on any atom is 0.428 e. The normalized spacial score (nSPS) is 14.2. The Labute approximate surface area is 105 Å². The first-order chi connectivity index (χ1) is 8.39. The maximum absolute atomic E-state index is 11.5. The van der Waals surface area contributed by atoms with Gasteiger partial charge in [-0.05, 0) is 0 Å². The Morgan fingerprint density at radius 2 is 0.800 bits per heavy atom. The van der Waals surface area contributed by atoms with Gasteiger partial charge in [0.25, 0.3) is 0 Å². The van der Waals surface area contributed by atoms with Gasteiger partial charge in [0.05, 0.1) is 0 Å². The van der Waals surface area contributed by atoms with Crippen LogP contribution in [0.25, 0.3) is 0 Å². The molecular weight excluding hydrogens is 360 g/mol. The fourth-order valence-electron chi connectivity index (χ4n) is 0.225. The van der Waals surface area contributed by atoms with Gasteiger partial charge in [0.15, 0.2) is 0 Å². The van der Waals surface area contributed by atoms with Crippen molar-refractivity contribution in [2.45, 2.75) is 23.4 Å². The molecule has 0 aromatic heterocycles. The van der Waals surface area contributed by atoms with Gasteiger partial charge in [0.1, 0.15) is 0 Å². The second-order valence-corrected chi connectivity index (χ2v) is 5.66. The quantitative estimate of drug-likeness (QED) is 0.578. The van der Waals surface area contributed by atoms with Crippen LogP contribution in [0.4, 0.5) is 35.1 Å². The van der Waals surface area contributed by atoms with Crippen LogP contribution >= 0.6 is 0 Å². The number of hydrogen-bond donors (Lipinski definition) is 2. The van der Waals surface area contributed by atoms with Crippen LogP contribution < -0.4 is 0 Å². The minimum absolute atomic E-state index is 4.41. The molecule has 6 nitrogen and oxygen atoms in total. The van der Waals surface area contributed by atoms with Crippen molar-refractivity contribution in [1.82, 2.24) is 0 Å². The van der Waals surface area contributed by atoms with Crippen LogP contribution in [0.3, 0.4) is 0 Å². The van der Waals surface area contributed by atoms with Gasteiger partial charge in [-0.15, -0.1) is 0 Å². The third-order valence-corrected chi connectivity index (χ3v) is 2.93. The van der Waals surface area contributed by atoms with Gasteiger partial charge in [-0.2, -0.15) is 34.4 Å². The summed E-state index contributed by atoms with van der Waals surface area (Å²) < 4.78 is 143. The second kappa shape index (κ2) is 6.35. The Bertz CT molecular complexity index is 461. The number of rotatable bonds is 4. The van der Waals surface area contributed by atoms with E-state index in [2.05, 4.69) is 0 Å². The zero-order valence-electron chi connectivity index (χ0n) is 8.52. The lowest BCUT2D eigenvalue weighted by atomic mass is 10.7. The largest absolute Gasteiger partial charge is 0.428 e. The summed E-state index contributed by atoms with van der Waals surface area (Å²) in [7, 11) is -12.0. The van der Waals surface area contributed by atoms with Gasteiger partial charge in [-0.3, -0.25) is 9.11 Å². The van der Waals surface area contributed by atoms with E-state index in [4.69, 9.17) is 9.11 Å². The van der Waals surface area contributed by atoms with E-state index in [9.17, 15) is 52.0 Å². The van der Waals surface area contributed by atoms with E-state index in [0.717, 1.165) is 0 Å². The van der Waals surface area contributed by atoms with Gasteiger partial charge in [0.2, 0.25) is 0 Å². The minimum Gasteiger partial charge on any atom is -0.281 e. The number of alkyl halides is 8. The van der Waals surface area contributed by atoms with Crippen LogP contribution in [0.15, 0.2) is 0 Å². The lowest BCUT2D eigenvalue weighted by Crippen LogP contribution is -2.35. The lowest BCUT2D eigenvalue weighted by Gasteiger charge is -2.09. The van der Waals surface area contributed by atoms with Gasteiger partial charge in [-0.1, -0.05) is 0 Å². The Morgan fingerprint density at radius 1 is 0.650 bits per heavy atom. The molecule has 0 saturated carbocycles. The molecule has 0 aromatic carbocycles. The van der Waals surface area contributed by atoms with Crippen molar-refractivity contribution in [3.8, 4) is 0 Å². The third-order valence-electron chi connectivity index (χ3n) is 1.20. The molecule has 0 heterocycles. The van der Waals surface area contributed by atoms with E-state index in [1.165, 1.54) is 0 Å². The predicted molar refractivity (Wildman–Crippen MR) is 45.0 cm³/mol. The smallest absolute Gasteiger partial charge is 0.281 e. The Morgan fingerprint density at radius 3 is 0.800 bits per heavy atom. The third kappa shape index (κ3) is 5.33. The molecule has 0 aliphatic rings. The van der Waals surface area contributed by atoms with E-state index in [1.54, 1.807) is 0 Å². The molecule has 0 fully saturated rings. The average Bonchev–Trinajstić information content (AvgIpc) is 2.14. The zero-order valence-corrected chi connectivity index (χ0v) is 10.2. The molecule has 0 amide bonds. The number of halogens is 8. The van der Waals surface area contributed by atoms with Gasteiger partial charge < -0.3 is 0 Å². The van der Waals surface area contributed by atoms with Crippen molar-refractivity contribution in [3.63, 3.8) is 0 Å². The highest BCUT2D eigenvalue weighted by Gasteiger charge is 2.54. The molecule has 0 rings (SSSR count). The topological polar surface area (TPSA) is 109 Å². The fourth-order valence-corrected chi connectivity index (χ4v) is 0.675. The van der Waals surface area contributed by atoms with E-state index < -0.39 is 43.6 Å². The summed E-state index contributed by atoms with van der Waals surface area (Å²) >= 11 is 0. The SMILES string of the molecule is O=S(=O)(O)C(F)(F)C(F)F.O=S(=O)(O)C(F)(F)C(F)F. The Hall–Kier alpha value is -0.740. The zero-order chi connectivity index (χ0) is 17.2. The first-order valence-corrected chi connectivity index (χ1v) is 6.53. The summed E-state index contributed by atoms with van der Waals surface area (Å²) in [5.74, 6) is 0. The van der Waals surface area contributed by atoms with Crippen molar-refractivity contribution in [2.24, 2.45) is 0 Å². The van der Waals surface area contributed by atoms with Crippen LogP contribution in [-0.4, -0.2) is 49.3 Å². The molecule has 0 aliphatic carbocycles. The molecule has 124 valence electrons. The monoisotopic (exact) mass is 364 g/mol. The Kier molecular flexibility index (Phi) is 6.85. The van der Waals surface area contributed by atoms with Crippen molar-refractivity contribution in [2.75, 3.05) is 0 Å². The molecule has 0 aliphatic heterocycles. The molecule has 2 N–H and O–H groups in total. The average molecular weight is 364 g/mol. The molecule has 0 saturated heterocycles. The molecule has 0 bridgehead atoms. The summed E-state index contributed by atoms with van der Waals surface area (Å²) in [5, 5.41) is -10.7.